The molecule has 3 aliphatic rings. The highest BCUT2D eigenvalue weighted by atomic mass is 16.5. The Kier molecular flexibility index (Phi) is 6.96. The van der Waals surface area contributed by atoms with Crippen LogP contribution in [-0.2, 0) is 9.53 Å². The molecule has 6 heteroatoms. The minimum Gasteiger partial charge on any atom is -0.484 e. The Labute approximate surface area is 181 Å². The Bertz CT molecular complexity index is 680. The zero-order valence-corrected chi connectivity index (χ0v) is 18.6. The lowest BCUT2D eigenvalue weighted by Gasteiger charge is -2.50. The third kappa shape index (κ3) is 5.16. The largest absolute Gasteiger partial charge is 0.484 e. The van der Waals surface area contributed by atoms with Gasteiger partial charge < -0.3 is 14.4 Å². The summed E-state index contributed by atoms with van der Waals surface area (Å²) >= 11 is 0. The van der Waals surface area contributed by atoms with E-state index in [-0.39, 0.29) is 18.1 Å². The molecule has 1 aromatic rings. The monoisotopic (exact) mass is 415 g/mol. The first kappa shape index (κ1) is 21.6. The van der Waals surface area contributed by atoms with E-state index >= 15 is 0 Å². The van der Waals surface area contributed by atoms with E-state index < -0.39 is 0 Å². The van der Waals surface area contributed by atoms with Gasteiger partial charge in [0.25, 0.3) is 5.91 Å². The molecule has 0 saturated carbocycles. The van der Waals surface area contributed by atoms with Crippen LogP contribution in [0.4, 0.5) is 0 Å². The van der Waals surface area contributed by atoms with Gasteiger partial charge in [-0.25, -0.2) is 0 Å². The van der Waals surface area contributed by atoms with Crippen LogP contribution in [0.3, 0.4) is 0 Å². The first-order valence-electron chi connectivity index (χ1n) is 11.6. The summed E-state index contributed by atoms with van der Waals surface area (Å²) in [5, 5.41) is 0. The molecule has 3 aliphatic heterocycles. The number of likely N-dealkylation sites (tertiary alicyclic amines) is 1. The highest BCUT2D eigenvalue weighted by Crippen LogP contribution is 2.37. The van der Waals surface area contributed by atoms with Crippen molar-refractivity contribution in [2.45, 2.75) is 57.2 Å². The zero-order chi connectivity index (χ0) is 21.0. The van der Waals surface area contributed by atoms with Crippen LogP contribution >= 0.6 is 0 Å². The van der Waals surface area contributed by atoms with Gasteiger partial charge in [0.05, 0.1) is 5.60 Å². The van der Waals surface area contributed by atoms with E-state index in [1.54, 1.807) is 0 Å². The first-order chi connectivity index (χ1) is 14.5. The number of nitrogens with zero attached hydrogens (tertiary/aromatic N) is 3. The number of piperazine rings is 1. The third-order valence-electron chi connectivity index (χ3n) is 7.20. The summed E-state index contributed by atoms with van der Waals surface area (Å²) in [5.74, 6) is 0.821. The lowest BCUT2D eigenvalue weighted by Crippen LogP contribution is -2.58. The van der Waals surface area contributed by atoms with E-state index in [2.05, 4.69) is 23.6 Å². The molecule has 1 aromatic carbocycles. The average Bonchev–Trinajstić information content (AvgIpc) is 2.79. The van der Waals surface area contributed by atoms with Crippen LogP contribution in [0.1, 0.15) is 39.5 Å². The van der Waals surface area contributed by atoms with Crippen molar-refractivity contribution in [3.63, 3.8) is 0 Å². The van der Waals surface area contributed by atoms with Crippen molar-refractivity contribution < 1.29 is 14.3 Å². The Balaban J connectivity index is 1.25. The molecule has 3 fully saturated rings. The molecule has 0 radical (unpaired) electrons. The number of rotatable bonds is 5. The standard InChI is InChI=1S/C24H37N3O3/c1-20(2)25-13-15-26(16-14-25)21-8-17-30-24(18-21)9-11-27(12-10-24)23(28)19-29-22-6-4-3-5-7-22/h3-7,20-21H,8-19H2,1-2H3. The number of benzene rings is 1. The smallest absolute Gasteiger partial charge is 0.260 e. The number of hydrogen-bond donors (Lipinski definition) is 0. The maximum absolute atomic E-state index is 12.6. The summed E-state index contributed by atoms with van der Waals surface area (Å²) < 4.78 is 12.0. The van der Waals surface area contributed by atoms with Gasteiger partial charge >= 0.3 is 0 Å². The van der Waals surface area contributed by atoms with E-state index in [1.807, 2.05) is 35.2 Å². The molecule has 3 heterocycles. The fraction of sp³-hybridized carbons (Fsp3) is 0.708. The fourth-order valence-electron chi connectivity index (χ4n) is 5.20. The molecule has 0 aromatic heterocycles. The molecule has 1 atom stereocenters. The molecule has 6 nitrogen and oxygen atoms in total. The molecule has 30 heavy (non-hydrogen) atoms. The van der Waals surface area contributed by atoms with Crippen molar-refractivity contribution in [3.8, 4) is 5.75 Å². The molecule has 0 aliphatic carbocycles. The lowest BCUT2D eigenvalue weighted by molar-refractivity contribution is -0.151. The molecule has 1 amide bonds. The normalized spacial score (nSPS) is 25.6. The van der Waals surface area contributed by atoms with Gasteiger partial charge in [-0.1, -0.05) is 18.2 Å². The minimum absolute atomic E-state index is 0.0465. The van der Waals surface area contributed by atoms with Crippen LogP contribution in [0.15, 0.2) is 30.3 Å². The number of piperidine rings is 1. The number of amides is 1. The Morgan fingerprint density at radius 3 is 2.47 bits per heavy atom. The van der Waals surface area contributed by atoms with Crippen LogP contribution in [0.25, 0.3) is 0 Å². The van der Waals surface area contributed by atoms with Crippen LogP contribution in [0, 0.1) is 0 Å². The van der Waals surface area contributed by atoms with Gasteiger partial charge in [-0.15, -0.1) is 0 Å². The van der Waals surface area contributed by atoms with Gasteiger partial charge in [0, 0.05) is 58.0 Å². The molecule has 1 spiro atoms. The summed E-state index contributed by atoms with van der Waals surface area (Å²) in [5.41, 5.74) is -0.0465. The highest BCUT2D eigenvalue weighted by molar-refractivity contribution is 5.77. The van der Waals surface area contributed by atoms with Crippen molar-refractivity contribution >= 4 is 5.91 Å². The molecular formula is C24H37N3O3. The first-order valence-corrected chi connectivity index (χ1v) is 11.6. The van der Waals surface area contributed by atoms with Gasteiger partial charge in [-0.2, -0.15) is 0 Å². The summed E-state index contributed by atoms with van der Waals surface area (Å²) in [7, 11) is 0. The van der Waals surface area contributed by atoms with E-state index in [9.17, 15) is 4.79 Å². The molecule has 1 unspecified atom stereocenters. The zero-order valence-electron chi connectivity index (χ0n) is 18.6. The molecule has 4 rings (SSSR count). The number of para-hydroxylation sites is 1. The van der Waals surface area contributed by atoms with Gasteiger partial charge in [0.2, 0.25) is 0 Å². The van der Waals surface area contributed by atoms with Crippen LogP contribution < -0.4 is 4.74 Å². The SMILES string of the molecule is CC(C)N1CCN(C2CCOC3(CCN(C(=O)COc4ccccc4)CC3)C2)CC1. The molecule has 3 saturated heterocycles. The van der Waals surface area contributed by atoms with E-state index in [0.717, 1.165) is 51.1 Å². The molecule has 0 N–H and O–H groups in total. The van der Waals surface area contributed by atoms with Gasteiger partial charge in [0.1, 0.15) is 5.75 Å². The van der Waals surface area contributed by atoms with Crippen LogP contribution in [0.5, 0.6) is 5.75 Å². The number of carbonyl (C=O) groups is 1. The maximum Gasteiger partial charge on any atom is 0.260 e. The Morgan fingerprint density at radius 1 is 1.10 bits per heavy atom. The van der Waals surface area contributed by atoms with Crippen molar-refractivity contribution in [3.05, 3.63) is 30.3 Å². The highest BCUT2D eigenvalue weighted by Gasteiger charge is 2.43. The maximum atomic E-state index is 12.6. The number of ether oxygens (including phenoxy) is 2. The summed E-state index contributed by atoms with van der Waals surface area (Å²) in [4.78, 5) is 19.8. The van der Waals surface area contributed by atoms with Gasteiger partial charge in [-0.05, 0) is 51.7 Å². The quantitative estimate of drug-likeness (QED) is 0.740. The fourth-order valence-corrected chi connectivity index (χ4v) is 5.20. The van der Waals surface area contributed by atoms with Crippen molar-refractivity contribution in [2.24, 2.45) is 0 Å². The van der Waals surface area contributed by atoms with E-state index in [1.165, 1.54) is 26.2 Å². The Morgan fingerprint density at radius 2 is 1.80 bits per heavy atom. The van der Waals surface area contributed by atoms with Crippen LogP contribution in [-0.4, -0.2) is 90.8 Å². The predicted molar refractivity (Wildman–Crippen MR) is 118 cm³/mol. The Hall–Kier alpha value is -1.63. The van der Waals surface area contributed by atoms with Crippen molar-refractivity contribution in [1.82, 2.24) is 14.7 Å². The third-order valence-corrected chi connectivity index (χ3v) is 7.20. The van der Waals surface area contributed by atoms with Gasteiger partial charge in [-0.3, -0.25) is 14.6 Å². The second-order valence-electron chi connectivity index (χ2n) is 9.33. The van der Waals surface area contributed by atoms with Crippen molar-refractivity contribution in [2.75, 3.05) is 52.5 Å². The van der Waals surface area contributed by atoms with Gasteiger partial charge in [0.15, 0.2) is 6.61 Å². The second kappa shape index (κ2) is 9.67. The minimum atomic E-state index is -0.0465. The topological polar surface area (TPSA) is 45.2 Å². The van der Waals surface area contributed by atoms with E-state index in [0.29, 0.717) is 12.1 Å². The summed E-state index contributed by atoms with van der Waals surface area (Å²) in [6.45, 7) is 11.8. The lowest BCUT2D eigenvalue weighted by atomic mass is 9.81. The van der Waals surface area contributed by atoms with E-state index in [4.69, 9.17) is 9.47 Å². The molecular weight excluding hydrogens is 378 g/mol. The molecule has 166 valence electrons. The van der Waals surface area contributed by atoms with Crippen molar-refractivity contribution in [1.29, 1.82) is 0 Å². The number of hydrogen-bond acceptors (Lipinski definition) is 5. The summed E-state index contributed by atoms with van der Waals surface area (Å²) in [6.07, 6.45) is 4.12. The van der Waals surface area contributed by atoms with Crippen LogP contribution in [0.2, 0.25) is 0 Å². The molecule has 0 bridgehead atoms. The summed E-state index contributed by atoms with van der Waals surface area (Å²) in [6, 6.07) is 10.8. The second-order valence-corrected chi connectivity index (χ2v) is 9.33. The number of carbonyl (C=O) groups excluding carboxylic acids is 1. The predicted octanol–water partition coefficient (Wildman–Crippen LogP) is 2.63. The average molecular weight is 416 g/mol.